The summed E-state index contributed by atoms with van der Waals surface area (Å²) in [5, 5.41) is 2.88. The fraction of sp³-hybridized carbons (Fsp3) is 0.920. The van der Waals surface area contributed by atoms with Gasteiger partial charge in [-0.1, -0.05) is 97.3 Å². The SMILES string of the molecule is CCCCCCCCCCCCN(C)CCCN=C(N)NC(N)=NCCCCCCC. The molecule has 0 aromatic rings. The van der Waals surface area contributed by atoms with E-state index in [0.717, 1.165) is 25.9 Å². The van der Waals surface area contributed by atoms with Crippen LogP contribution in [0.2, 0.25) is 0 Å². The van der Waals surface area contributed by atoms with Crippen LogP contribution in [0, 0.1) is 0 Å². The zero-order chi connectivity index (χ0) is 23.0. The van der Waals surface area contributed by atoms with Crippen LogP contribution in [-0.2, 0) is 0 Å². The van der Waals surface area contributed by atoms with Gasteiger partial charge in [0.05, 0.1) is 0 Å². The normalized spacial score (nSPS) is 12.6. The molecule has 0 bridgehead atoms. The summed E-state index contributed by atoms with van der Waals surface area (Å²) in [5.41, 5.74) is 11.8. The Morgan fingerprint density at radius 1 is 0.581 bits per heavy atom. The molecule has 0 aliphatic rings. The molecule has 0 radical (unpaired) electrons. The molecule has 0 rings (SSSR count). The van der Waals surface area contributed by atoms with Gasteiger partial charge in [0.25, 0.3) is 0 Å². The van der Waals surface area contributed by atoms with Crippen molar-refractivity contribution in [3.05, 3.63) is 0 Å². The molecule has 0 aromatic heterocycles. The Morgan fingerprint density at radius 3 is 1.48 bits per heavy atom. The fourth-order valence-electron chi connectivity index (χ4n) is 3.65. The predicted molar refractivity (Wildman–Crippen MR) is 139 cm³/mol. The molecule has 0 aliphatic heterocycles. The molecular weight excluding hydrogens is 384 g/mol. The smallest absolute Gasteiger partial charge is 0.195 e. The maximum atomic E-state index is 5.90. The van der Waals surface area contributed by atoms with Crippen molar-refractivity contribution < 1.29 is 0 Å². The minimum atomic E-state index is 0.365. The number of nitrogens with two attached hydrogens (primary N) is 2. The topological polar surface area (TPSA) is 92.0 Å². The molecule has 184 valence electrons. The number of nitrogens with zero attached hydrogens (tertiary/aromatic N) is 3. The first-order chi connectivity index (χ1) is 15.1. The maximum Gasteiger partial charge on any atom is 0.195 e. The highest BCUT2D eigenvalue weighted by molar-refractivity contribution is 5.96. The molecule has 0 spiro atoms. The van der Waals surface area contributed by atoms with Gasteiger partial charge in [0.1, 0.15) is 0 Å². The Kier molecular flexibility index (Phi) is 22.4. The van der Waals surface area contributed by atoms with Gasteiger partial charge in [0.2, 0.25) is 0 Å². The lowest BCUT2D eigenvalue weighted by atomic mass is 10.1. The van der Waals surface area contributed by atoms with Crippen molar-refractivity contribution in [3.8, 4) is 0 Å². The highest BCUT2D eigenvalue weighted by atomic mass is 15.2. The van der Waals surface area contributed by atoms with Crippen LogP contribution in [0.15, 0.2) is 9.98 Å². The number of nitrogens with one attached hydrogen (secondary N) is 1. The van der Waals surface area contributed by atoms with E-state index in [1.807, 2.05) is 0 Å². The summed E-state index contributed by atoms with van der Waals surface area (Å²) in [5.74, 6) is 0.736. The van der Waals surface area contributed by atoms with Gasteiger partial charge < -0.3 is 16.4 Å². The maximum absolute atomic E-state index is 5.90. The molecule has 31 heavy (non-hydrogen) atoms. The number of hydrogen-bond acceptors (Lipinski definition) is 3. The van der Waals surface area contributed by atoms with Crippen LogP contribution in [0.3, 0.4) is 0 Å². The Bertz CT molecular complexity index is 436. The lowest BCUT2D eigenvalue weighted by molar-refractivity contribution is 0.321. The first-order valence-corrected chi connectivity index (χ1v) is 13.2. The molecule has 0 aromatic carbocycles. The average molecular weight is 439 g/mol. The zero-order valence-electron chi connectivity index (χ0n) is 21.1. The molecule has 0 saturated heterocycles. The van der Waals surface area contributed by atoms with Gasteiger partial charge in [0, 0.05) is 13.1 Å². The van der Waals surface area contributed by atoms with E-state index in [1.54, 1.807) is 0 Å². The Morgan fingerprint density at radius 2 is 0.968 bits per heavy atom. The summed E-state index contributed by atoms with van der Waals surface area (Å²) < 4.78 is 0. The van der Waals surface area contributed by atoms with Gasteiger partial charge in [-0.3, -0.25) is 15.3 Å². The van der Waals surface area contributed by atoms with Gasteiger partial charge in [-0.15, -0.1) is 0 Å². The van der Waals surface area contributed by atoms with E-state index in [1.165, 1.54) is 96.4 Å². The molecule has 5 N–H and O–H groups in total. The molecule has 0 saturated carbocycles. The second-order valence-corrected chi connectivity index (χ2v) is 8.91. The van der Waals surface area contributed by atoms with E-state index >= 15 is 0 Å². The Balaban J connectivity index is 3.58. The lowest BCUT2D eigenvalue weighted by Crippen LogP contribution is -2.41. The molecule has 0 aliphatic carbocycles. The van der Waals surface area contributed by atoms with E-state index in [0.29, 0.717) is 18.5 Å². The summed E-state index contributed by atoms with van der Waals surface area (Å²) in [6.45, 7) is 8.19. The summed E-state index contributed by atoms with van der Waals surface area (Å²) in [6, 6.07) is 0. The van der Waals surface area contributed by atoms with Gasteiger partial charge in [-0.2, -0.15) is 0 Å². The number of unbranched alkanes of at least 4 members (excludes halogenated alkanes) is 13. The monoisotopic (exact) mass is 438 g/mol. The van der Waals surface area contributed by atoms with Crippen LogP contribution in [0.1, 0.15) is 117 Å². The molecule has 6 heteroatoms. The van der Waals surface area contributed by atoms with Crippen molar-refractivity contribution in [2.75, 3.05) is 33.2 Å². The van der Waals surface area contributed by atoms with Gasteiger partial charge in [-0.05, 0) is 39.4 Å². The highest BCUT2D eigenvalue weighted by Crippen LogP contribution is 2.10. The number of hydrogen-bond donors (Lipinski definition) is 3. The number of rotatable bonds is 21. The summed E-state index contributed by atoms with van der Waals surface area (Å²) in [4.78, 5) is 11.1. The molecule has 0 atom stereocenters. The van der Waals surface area contributed by atoms with Crippen LogP contribution in [0.4, 0.5) is 0 Å². The molecule has 0 unspecified atom stereocenters. The van der Waals surface area contributed by atoms with Crippen molar-refractivity contribution in [1.82, 2.24) is 10.2 Å². The summed E-state index contributed by atoms with van der Waals surface area (Å²) in [7, 11) is 2.20. The number of guanidine groups is 2. The lowest BCUT2D eigenvalue weighted by Gasteiger charge is -2.15. The molecule has 0 heterocycles. The first-order valence-electron chi connectivity index (χ1n) is 13.2. The Hall–Kier alpha value is -1.30. The molecule has 0 amide bonds. The zero-order valence-corrected chi connectivity index (χ0v) is 21.1. The van der Waals surface area contributed by atoms with Crippen LogP contribution in [-0.4, -0.2) is 50.0 Å². The minimum Gasteiger partial charge on any atom is -0.370 e. The van der Waals surface area contributed by atoms with E-state index in [4.69, 9.17) is 11.5 Å². The van der Waals surface area contributed by atoms with Crippen molar-refractivity contribution in [2.45, 2.75) is 117 Å². The molecule has 6 nitrogen and oxygen atoms in total. The highest BCUT2D eigenvalue weighted by Gasteiger charge is 2.00. The molecule has 0 fully saturated rings. The third-order valence-corrected chi connectivity index (χ3v) is 5.67. The van der Waals surface area contributed by atoms with E-state index < -0.39 is 0 Å². The van der Waals surface area contributed by atoms with E-state index in [-0.39, 0.29) is 0 Å². The second-order valence-electron chi connectivity index (χ2n) is 8.91. The van der Waals surface area contributed by atoms with Gasteiger partial charge >= 0.3 is 0 Å². The summed E-state index contributed by atoms with van der Waals surface area (Å²) >= 11 is 0. The Labute approximate surface area is 193 Å². The fourth-order valence-corrected chi connectivity index (χ4v) is 3.65. The predicted octanol–water partition coefficient (Wildman–Crippen LogP) is 5.42. The van der Waals surface area contributed by atoms with E-state index in [9.17, 15) is 0 Å². The van der Waals surface area contributed by atoms with Gasteiger partial charge in [-0.25, -0.2) is 0 Å². The molecular formula is C25H54N6. The quantitative estimate of drug-likeness (QED) is 0.127. The van der Waals surface area contributed by atoms with Gasteiger partial charge in [0.15, 0.2) is 11.9 Å². The van der Waals surface area contributed by atoms with Crippen LogP contribution in [0.25, 0.3) is 0 Å². The first kappa shape index (κ1) is 29.7. The summed E-state index contributed by atoms with van der Waals surface area (Å²) in [6.07, 6.45) is 21.0. The third-order valence-electron chi connectivity index (χ3n) is 5.67. The second kappa shape index (κ2) is 23.4. The number of aliphatic imine (C=N–C) groups is 2. The van der Waals surface area contributed by atoms with Crippen LogP contribution >= 0.6 is 0 Å². The van der Waals surface area contributed by atoms with Crippen LogP contribution in [0.5, 0.6) is 0 Å². The largest absolute Gasteiger partial charge is 0.370 e. The third kappa shape index (κ3) is 23.2. The average Bonchev–Trinajstić information content (AvgIpc) is 2.75. The van der Waals surface area contributed by atoms with Crippen molar-refractivity contribution in [2.24, 2.45) is 21.5 Å². The van der Waals surface area contributed by atoms with Crippen molar-refractivity contribution in [3.63, 3.8) is 0 Å². The van der Waals surface area contributed by atoms with Crippen LogP contribution < -0.4 is 16.8 Å². The standard InChI is InChI=1S/C25H54N6/c1-4-6-8-10-11-12-13-14-16-18-22-31(3)23-19-21-29-25(27)30-24(26)28-20-17-15-9-7-5-2/h4-23H2,1-3H3,(H5,26,27,28,29,30). The van der Waals surface area contributed by atoms with E-state index in [2.05, 4.69) is 41.1 Å². The van der Waals surface area contributed by atoms with Crippen molar-refractivity contribution >= 4 is 11.9 Å². The van der Waals surface area contributed by atoms with Crippen molar-refractivity contribution in [1.29, 1.82) is 0 Å². The minimum absolute atomic E-state index is 0.365.